The molecule has 1 aliphatic heterocycles. The van der Waals surface area contributed by atoms with E-state index in [1.807, 2.05) is 38.1 Å². The number of guanidine groups is 1. The van der Waals surface area contributed by atoms with Gasteiger partial charge in [-0.3, -0.25) is 4.99 Å². The molecule has 0 saturated carbocycles. The number of sulfonamides is 1. The van der Waals surface area contributed by atoms with Gasteiger partial charge in [-0.05, 0) is 45.2 Å². The van der Waals surface area contributed by atoms with Crippen LogP contribution in [-0.2, 0) is 14.8 Å². The number of ether oxygens (including phenoxy) is 2. The largest absolute Gasteiger partial charge is 0.492 e. The van der Waals surface area contributed by atoms with Crippen LogP contribution in [0.3, 0.4) is 0 Å². The zero-order valence-corrected chi connectivity index (χ0v) is 21.0. The molecule has 1 heterocycles. The second-order valence-electron chi connectivity index (χ2n) is 7.00. The molecule has 0 radical (unpaired) electrons. The number of nitrogens with zero attached hydrogens (tertiary/aromatic N) is 1. The van der Waals surface area contributed by atoms with Crippen molar-refractivity contribution in [3.05, 3.63) is 29.8 Å². The summed E-state index contributed by atoms with van der Waals surface area (Å²) in [6.07, 6.45) is 3.02. The molecule has 30 heavy (non-hydrogen) atoms. The summed E-state index contributed by atoms with van der Waals surface area (Å²) in [7, 11) is -3.37. The third-order valence-electron chi connectivity index (χ3n) is 4.46. The van der Waals surface area contributed by atoms with Crippen LogP contribution in [0.5, 0.6) is 5.75 Å². The predicted octanol–water partition coefficient (Wildman–Crippen LogP) is 2.04. The Balaban J connectivity index is 0.00000450. The Morgan fingerprint density at radius 3 is 2.67 bits per heavy atom. The van der Waals surface area contributed by atoms with E-state index < -0.39 is 10.0 Å². The van der Waals surface area contributed by atoms with Crippen molar-refractivity contribution < 1.29 is 17.9 Å². The van der Waals surface area contributed by atoms with Gasteiger partial charge in [0.15, 0.2) is 5.96 Å². The lowest BCUT2D eigenvalue weighted by atomic mass is 10.1. The molecule has 8 nitrogen and oxygen atoms in total. The van der Waals surface area contributed by atoms with E-state index in [1.165, 1.54) is 5.56 Å². The fourth-order valence-electron chi connectivity index (χ4n) is 2.85. The average molecular weight is 554 g/mol. The number of benzene rings is 1. The lowest BCUT2D eigenvalue weighted by Crippen LogP contribution is -2.40. The molecule has 1 aromatic carbocycles. The van der Waals surface area contributed by atoms with Gasteiger partial charge >= 0.3 is 0 Å². The molecule has 172 valence electrons. The van der Waals surface area contributed by atoms with Crippen LogP contribution >= 0.6 is 24.0 Å². The first-order chi connectivity index (χ1) is 14.0. The van der Waals surface area contributed by atoms with Crippen LogP contribution in [0.1, 0.15) is 31.7 Å². The number of nitrogens with one attached hydrogen (secondary N) is 3. The molecule has 3 N–H and O–H groups in total. The Hall–Kier alpha value is -1.11. The molecule has 10 heteroatoms. The van der Waals surface area contributed by atoms with E-state index in [1.54, 1.807) is 0 Å². The van der Waals surface area contributed by atoms with E-state index in [0.29, 0.717) is 38.8 Å². The van der Waals surface area contributed by atoms with Crippen LogP contribution in [0.25, 0.3) is 0 Å². The smallest absolute Gasteiger partial charge is 0.213 e. The van der Waals surface area contributed by atoms with E-state index in [0.717, 1.165) is 25.0 Å². The molecule has 1 unspecified atom stereocenters. The number of rotatable bonds is 11. The van der Waals surface area contributed by atoms with Gasteiger partial charge < -0.3 is 20.1 Å². The molecular weight excluding hydrogens is 519 g/mol. The monoisotopic (exact) mass is 554 g/mol. The van der Waals surface area contributed by atoms with Gasteiger partial charge in [-0.1, -0.05) is 17.7 Å². The topological polar surface area (TPSA) is 101 Å². The highest BCUT2D eigenvalue weighted by Gasteiger charge is 2.17. The molecule has 0 aromatic heterocycles. The molecule has 0 bridgehead atoms. The Kier molecular flexibility index (Phi) is 13.3. The van der Waals surface area contributed by atoms with E-state index in [9.17, 15) is 8.42 Å². The Bertz CT molecular complexity index is 723. The van der Waals surface area contributed by atoms with E-state index in [-0.39, 0.29) is 42.4 Å². The van der Waals surface area contributed by atoms with Crippen molar-refractivity contribution >= 4 is 40.0 Å². The standard InChI is InChI=1S/C20H34N4O4S.HI/c1-3-21-20(22-11-14-28-18-9-7-17(2)8-10-18)23-12-15-29(25,26)24-16-19-6-4-5-13-27-19;/h7-10,19,24H,3-6,11-16H2,1-2H3,(H2,21,22,23);1H. The van der Waals surface area contributed by atoms with Crippen LogP contribution in [0.4, 0.5) is 0 Å². The summed E-state index contributed by atoms with van der Waals surface area (Å²) in [5.74, 6) is 1.33. The molecule has 1 fully saturated rings. The highest BCUT2D eigenvalue weighted by Crippen LogP contribution is 2.12. The molecular formula is C20H35IN4O4S. The average Bonchev–Trinajstić information content (AvgIpc) is 2.72. The van der Waals surface area contributed by atoms with Crippen molar-refractivity contribution in [2.45, 2.75) is 39.2 Å². The Morgan fingerprint density at radius 1 is 1.23 bits per heavy atom. The lowest BCUT2D eigenvalue weighted by molar-refractivity contribution is 0.0200. The maximum atomic E-state index is 12.2. The van der Waals surface area contributed by atoms with Gasteiger partial charge in [-0.2, -0.15) is 0 Å². The minimum absolute atomic E-state index is 0. The first-order valence-corrected chi connectivity index (χ1v) is 11.9. The van der Waals surface area contributed by atoms with Crippen molar-refractivity contribution in [3.8, 4) is 5.75 Å². The van der Waals surface area contributed by atoms with Crippen molar-refractivity contribution in [3.63, 3.8) is 0 Å². The molecule has 1 aromatic rings. The lowest BCUT2D eigenvalue weighted by Gasteiger charge is -2.22. The Morgan fingerprint density at radius 2 is 2.00 bits per heavy atom. The highest BCUT2D eigenvalue weighted by molar-refractivity contribution is 14.0. The van der Waals surface area contributed by atoms with Gasteiger partial charge in [-0.25, -0.2) is 13.1 Å². The minimum Gasteiger partial charge on any atom is -0.492 e. The SMILES string of the molecule is CCNC(=NCCS(=O)(=O)NCC1CCCCO1)NCCOc1ccc(C)cc1.I. The highest BCUT2D eigenvalue weighted by atomic mass is 127. The fraction of sp³-hybridized carbons (Fsp3) is 0.650. The third-order valence-corrected chi connectivity index (χ3v) is 5.79. The molecule has 0 spiro atoms. The van der Waals surface area contributed by atoms with Gasteiger partial charge in [0.25, 0.3) is 0 Å². The van der Waals surface area contributed by atoms with Gasteiger partial charge in [0.05, 0.1) is 24.9 Å². The van der Waals surface area contributed by atoms with Crippen molar-refractivity contribution in [1.29, 1.82) is 0 Å². The van der Waals surface area contributed by atoms with Crippen molar-refractivity contribution in [1.82, 2.24) is 15.4 Å². The summed E-state index contributed by atoms with van der Waals surface area (Å²) in [6.45, 7) is 6.94. The Labute approximate surface area is 197 Å². The van der Waals surface area contributed by atoms with Crippen LogP contribution in [0.2, 0.25) is 0 Å². The number of aryl methyl sites for hydroxylation is 1. The zero-order valence-electron chi connectivity index (χ0n) is 17.9. The van der Waals surface area contributed by atoms with Gasteiger partial charge in [-0.15, -0.1) is 24.0 Å². The molecule has 2 rings (SSSR count). The quantitative estimate of drug-likeness (QED) is 0.168. The van der Waals surface area contributed by atoms with Crippen LogP contribution in [0.15, 0.2) is 29.3 Å². The summed E-state index contributed by atoms with van der Waals surface area (Å²) in [4.78, 5) is 4.34. The van der Waals surface area contributed by atoms with Gasteiger partial charge in [0.2, 0.25) is 10.0 Å². The van der Waals surface area contributed by atoms with E-state index in [4.69, 9.17) is 9.47 Å². The summed E-state index contributed by atoms with van der Waals surface area (Å²) in [5.41, 5.74) is 1.19. The van der Waals surface area contributed by atoms with Gasteiger partial charge in [0, 0.05) is 19.7 Å². The van der Waals surface area contributed by atoms with Crippen LogP contribution < -0.4 is 20.1 Å². The number of halogens is 1. The zero-order chi connectivity index (χ0) is 21.0. The number of hydrogen-bond donors (Lipinski definition) is 3. The molecule has 1 saturated heterocycles. The normalized spacial score (nSPS) is 17.1. The third kappa shape index (κ3) is 11.3. The number of hydrogen-bond acceptors (Lipinski definition) is 5. The van der Waals surface area contributed by atoms with Crippen molar-refractivity contribution in [2.75, 3.05) is 45.1 Å². The summed E-state index contributed by atoms with van der Waals surface area (Å²) >= 11 is 0. The fourth-order valence-corrected chi connectivity index (χ4v) is 3.77. The van der Waals surface area contributed by atoms with Crippen LogP contribution in [-0.4, -0.2) is 65.6 Å². The molecule has 1 atom stereocenters. The second kappa shape index (κ2) is 14.8. The first kappa shape index (κ1) is 26.9. The van der Waals surface area contributed by atoms with E-state index >= 15 is 0 Å². The number of aliphatic imine (C=N–C) groups is 1. The summed E-state index contributed by atoms with van der Waals surface area (Å²) in [6, 6.07) is 7.88. The van der Waals surface area contributed by atoms with Crippen LogP contribution in [0, 0.1) is 6.92 Å². The maximum Gasteiger partial charge on any atom is 0.213 e. The summed E-state index contributed by atoms with van der Waals surface area (Å²) in [5, 5.41) is 6.26. The minimum atomic E-state index is -3.37. The predicted molar refractivity (Wildman–Crippen MR) is 131 cm³/mol. The van der Waals surface area contributed by atoms with E-state index in [2.05, 4.69) is 20.3 Å². The molecule has 0 aliphatic carbocycles. The summed E-state index contributed by atoms with van der Waals surface area (Å²) < 4.78 is 38.2. The molecule has 1 aliphatic rings. The van der Waals surface area contributed by atoms with Gasteiger partial charge in [0.1, 0.15) is 12.4 Å². The maximum absolute atomic E-state index is 12.2. The van der Waals surface area contributed by atoms with Crippen molar-refractivity contribution in [2.24, 2.45) is 4.99 Å². The first-order valence-electron chi connectivity index (χ1n) is 10.3. The molecule has 0 amide bonds. The second-order valence-corrected chi connectivity index (χ2v) is 8.93.